The van der Waals surface area contributed by atoms with Gasteiger partial charge < -0.3 is 20.5 Å². The van der Waals surface area contributed by atoms with Crippen molar-refractivity contribution in [3.63, 3.8) is 0 Å². The van der Waals surface area contributed by atoms with Crippen LogP contribution < -0.4 is 20.5 Å². The molecule has 3 N–H and O–H groups in total. The smallest absolute Gasteiger partial charge is 0.261 e. The molecule has 0 aliphatic rings. The van der Waals surface area contributed by atoms with Crippen LogP contribution in [0.2, 0.25) is 0 Å². The van der Waals surface area contributed by atoms with Crippen molar-refractivity contribution in [2.45, 2.75) is 26.0 Å². The van der Waals surface area contributed by atoms with Gasteiger partial charge in [-0.25, -0.2) is 0 Å². The third-order valence-corrected chi connectivity index (χ3v) is 2.75. The molecule has 0 saturated carbocycles. The Morgan fingerprint density at radius 3 is 2.75 bits per heavy atom. The number of nitrogens with one attached hydrogen (secondary N) is 1. The first kappa shape index (κ1) is 15.9. The van der Waals surface area contributed by atoms with E-state index < -0.39 is 6.10 Å². The van der Waals surface area contributed by atoms with Crippen molar-refractivity contribution < 1.29 is 14.3 Å². The molecule has 1 aromatic carbocycles. The summed E-state index contributed by atoms with van der Waals surface area (Å²) in [6, 6.07) is 5.13. The van der Waals surface area contributed by atoms with Gasteiger partial charge in [-0.2, -0.15) is 0 Å². The minimum absolute atomic E-state index is 0.171. The fourth-order valence-electron chi connectivity index (χ4n) is 1.65. The maximum atomic E-state index is 11.7. The molecule has 0 aliphatic carbocycles. The zero-order valence-electron chi connectivity index (χ0n) is 12.0. The van der Waals surface area contributed by atoms with Crippen LogP contribution in [-0.2, 0) is 4.79 Å². The van der Waals surface area contributed by atoms with E-state index >= 15 is 0 Å². The SMILES string of the molecule is C#CCNC(=O)C(C)Oc1cc(OC)ccc1[C@H](C)N. The van der Waals surface area contributed by atoms with Crippen molar-refractivity contribution in [2.75, 3.05) is 13.7 Å². The fraction of sp³-hybridized carbons (Fsp3) is 0.400. The van der Waals surface area contributed by atoms with Crippen LogP contribution in [-0.4, -0.2) is 25.7 Å². The van der Waals surface area contributed by atoms with Crippen LogP contribution in [0.4, 0.5) is 0 Å². The lowest BCUT2D eigenvalue weighted by Gasteiger charge is -2.19. The van der Waals surface area contributed by atoms with Gasteiger partial charge in [0.25, 0.3) is 5.91 Å². The maximum absolute atomic E-state index is 11.7. The monoisotopic (exact) mass is 276 g/mol. The second kappa shape index (κ2) is 7.41. The Kier molecular flexibility index (Phi) is 5.88. The van der Waals surface area contributed by atoms with E-state index in [0.717, 1.165) is 5.56 Å². The molecule has 5 nitrogen and oxygen atoms in total. The van der Waals surface area contributed by atoms with Gasteiger partial charge in [0.05, 0.1) is 13.7 Å². The average Bonchev–Trinajstić information content (AvgIpc) is 2.44. The Morgan fingerprint density at radius 2 is 2.20 bits per heavy atom. The molecule has 0 aromatic heterocycles. The molecule has 20 heavy (non-hydrogen) atoms. The number of benzene rings is 1. The fourth-order valence-corrected chi connectivity index (χ4v) is 1.65. The van der Waals surface area contributed by atoms with E-state index in [0.29, 0.717) is 11.5 Å². The molecule has 0 saturated heterocycles. The van der Waals surface area contributed by atoms with Crippen LogP contribution in [0, 0.1) is 12.3 Å². The van der Waals surface area contributed by atoms with Gasteiger partial charge in [0.2, 0.25) is 0 Å². The number of rotatable bonds is 6. The van der Waals surface area contributed by atoms with Gasteiger partial charge in [-0.1, -0.05) is 12.0 Å². The minimum Gasteiger partial charge on any atom is -0.497 e. The third-order valence-electron chi connectivity index (χ3n) is 2.75. The highest BCUT2D eigenvalue weighted by Crippen LogP contribution is 2.29. The summed E-state index contributed by atoms with van der Waals surface area (Å²) < 4.78 is 10.8. The molecular weight excluding hydrogens is 256 g/mol. The standard InChI is InChI=1S/C15H20N2O3/c1-5-8-17-15(18)11(3)20-14-9-12(19-4)6-7-13(14)10(2)16/h1,6-7,9-11H,8,16H2,2-4H3,(H,17,18)/t10-,11?/m0/s1. The number of carbonyl (C=O) groups excluding carboxylic acids is 1. The number of methoxy groups -OCH3 is 1. The second-order valence-electron chi connectivity index (χ2n) is 4.37. The van der Waals surface area contributed by atoms with Crippen LogP contribution in [0.1, 0.15) is 25.5 Å². The molecule has 0 aliphatic heterocycles. The van der Waals surface area contributed by atoms with Crippen LogP contribution in [0.25, 0.3) is 0 Å². The molecule has 1 unspecified atom stereocenters. The molecule has 5 heteroatoms. The van der Waals surface area contributed by atoms with Gasteiger partial charge in [0.15, 0.2) is 6.10 Å². The highest BCUT2D eigenvalue weighted by molar-refractivity contribution is 5.81. The van der Waals surface area contributed by atoms with Crippen molar-refractivity contribution in [3.8, 4) is 23.8 Å². The molecular formula is C15H20N2O3. The van der Waals surface area contributed by atoms with Gasteiger partial charge in [0, 0.05) is 17.7 Å². The van der Waals surface area contributed by atoms with Crippen molar-refractivity contribution in [3.05, 3.63) is 23.8 Å². The lowest BCUT2D eigenvalue weighted by Crippen LogP contribution is -2.36. The number of carbonyl (C=O) groups is 1. The van der Waals surface area contributed by atoms with Gasteiger partial charge in [-0.3, -0.25) is 4.79 Å². The summed E-state index contributed by atoms with van der Waals surface area (Å²) in [6.07, 6.45) is 4.42. The van der Waals surface area contributed by atoms with Crippen molar-refractivity contribution in [1.29, 1.82) is 0 Å². The number of amides is 1. The molecule has 1 aromatic rings. The Morgan fingerprint density at radius 1 is 1.50 bits per heavy atom. The highest BCUT2D eigenvalue weighted by atomic mass is 16.5. The molecule has 108 valence electrons. The maximum Gasteiger partial charge on any atom is 0.261 e. The summed E-state index contributed by atoms with van der Waals surface area (Å²) in [6.45, 7) is 3.67. The zero-order chi connectivity index (χ0) is 15.1. The largest absolute Gasteiger partial charge is 0.497 e. The Balaban J connectivity index is 2.89. The van der Waals surface area contributed by atoms with E-state index in [4.69, 9.17) is 21.6 Å². The van der Waals surface area contributed by atoms with E-state index in [1.807, 2.05) is 13.0 Å². The van der Waals surface area contributed by atoms with Crippen LogP contribution in [0.5, 0.6) is 11.5 Å². The second-order valence-corrected chi connectivity index (χ2v) is 4.37. The summed E-state index contributed by atoms with van der Waals surface area (Å²) in [4.78, 5) is 11.7. The molecule has 0 bridgehead atoms. The molecule has 0 radical (unpaired) electrons. The number of nitrogens with two attached hydrogens (primary N) is 1. The zero-order valence-corrected chi connectivity index (χ0v) is 12.0. The summed E-state index contributed by atoms with van der Waals surface area (Å²) in [5.41, 5.74) is 6.70. The molecule has 0 spiro atoms. The van der Waals surface area contributed by atoms with Crippen LogP contribution >= 0.6 is 0 Å². The normalized spacial score (nSPS) is 12.9. The van der Waals surface area contributed by atoms with Gasteiger partial charge in [0.1, 0.15) is 11.5 Å². The van der Waals surface area contributed by atoms with Crippen molar-refractivity contribution in [2.24, 2.45) is 5.73 Å². The van der Waals surface area contributed by atoms with Gasteiger partial charge in [-0.15, -0.1) is 6.42 Å². The predicted octanol–water partition coefficient (Wildman–Crippen LogP) is 1.23. The first-order valence-corrected chi connectivity index (χ1v) is 6.31. The first-order valence-electron chi connectivity index (χ1n) is 6.31. The number of ether oxygens (including phenoxy) is 2. The predicted molar refractivity (Wildman–Crippen MR) is 77.5 cm³/mol. The molecule has 0 heterocycles. The average molecular weight is 276 g/mol. The summed E-state index contributed by atoms with van der Waals surface area (Å²) in [5.74, 6) is 3.23. The van der Waals surface area contributed by atoms with Crippen LogP contribution in [0.3, 0.4) is 0 Å². The minimum atomic E-state index is -0.673. The number of hydrogen-bond acceptors (Lipinski definition) is 4. The summed E-state index contributed by atoms with van der Waals surface area (Å²) in [5, 5.41) is 2.57. The van der Waals surface area contributed by atoms with E-state index in [1.54, 1.807) is 26.2 Å². The van der Waals surface area contributed by atoms with Crippen molar-refractivity contribution in [1.82, 2.24) is 5.32 Å². The summed E-state index contributed by atoms with van der Waals surface area (Å²) in [7, 11) is 1.56. The molecule has 2 atom stereocenters. The number of terminal acetylenes is 1. The van der Waals surface area contributed by atoms with Gasteiger partial charge in [-0.05, 0) is 19.9 Å². The van der Waals surface area contributed by atoms with E-state index in [2.05, 4.69) is 11.2 Å². The van der Waals surface area contributed by atoms with Crippen LogP contribution in [0.15, 0.2) is 18.2 Å². The number of hydrogen-bond donors (Lipinski definition) is 2. The lowest BCUT2D eigenvalue weighted by molar-refractivity contribution is -0.127. The quantitative estimate of drug-likeness (QED) is 0.766. The van der Waals surface area contributed by atoms with E-state index in [1.165, 1.54) is 0 Å². The molecule has 1 rings (SSSR count). The first-order chi connectivity index (χ1) is 9.49. The Hall–Kier alpha value is -2.19. The highest BCUT2D eigenvalue weighted by Gasteiger charge is 2.17. The molecule has 1 amide bonds. The van der Waals surface area contributed by atoms with E-state index in [9.17, 15) is 4.79 Å². The summed E-state index contributed by atoms with van der Waals surface area (Å²) >= 11 is 0. The van der Waals surface area contributed by atoms with Gasteiger partial charge >= 0.3 is 0 Å². The Bertz CT molecular complexity index is 506. The van der Waals surface area contributed by atoms with E-state index in [-0.39, 0.29) is 18.5 Å². The van der Waals surface area contributed by atoms with Crippen molar-refractivity contribution >= 4 is 5.91 Å². The Labute approximate surface area is 119 Å². The topological polar surface area (TPSA) is 73.6 Å². The molecule has 0 fully saturated rings. The third kappa shape index (κ3) is 4.18. The lowest BCUT2D eigenvalue weighted by atomic mass is 10.1.